The molecular formula is C17H12F3N3O2. The average molecular weight is 347 g/mol. The summed E-state index contributed by atoms with van der Waals surface area (Å²) in [6.45, 7) is 1.51. The minimum absolute atomic E-state index is 0.212. The van der Waals surface area contributed by atoms with Crippen molar-refractivity contribution in [3.05, 3.63) is 75.8 Å². The Morgan fingerprint density at radius 2 is 1.84 bits per heavy atom. The number of fused-ring (bicyclic) bond motifs is 1. The molecule has 3 rings (SSSR count). The van der Waals surface area contributed by atoms with Crippen LogP contribution in [0.4, 0.5) is 13.2 Å². The number of hydrogen-bond donors (Lipinski definition) is 1. The Kier molecular flexibility index (Phi) is 4.03. The van der Waals surface area contributed by atoms with Crippen LogP contribution in [0, 0.1) is 6.92 Å². The fourth-order valence-electron chi connectivity index (χ4n) is 2.38. The fraction of sp³-hybridized carbons (Fsp3) is 0.118. The third-order valence-corrected chi connectivity index (χ3v) is 3.61. The summed E-state index contributed by atoms with van der Waals surface area (Å²) in [6.07, 6.45) is -4.56. The predicted molar refractivity (Wildman–Crippen MR) is 85.9 cm³/mol. The molecule has 0 aliphatic rings. The van der Waals surface area contributed by atoms with E-state index in [1.807, 2.05) is 0 Å². The van der Waals surface area contributed by atoms with Gasteiger partial charge in [-0.15, -0.1) is 0 Å². The zero-order valence-corrected chi connectivity index (χ0v) is 13.0. The number of aromatic nitrogens is 2. The molecule has 1 N–H and O–H groups in total. The molecular weight excluding hydrogens is 335 g/mol. The van der Waals surface area contributed by atoms with Gasteiger partial charge in [0.05, 0.1) is 16.5 Å². The van der Waals surface area contributed by atoms with Gasteiger partial charge >= 0.3 is 6.18 Å². The molecule has 5 nitrogen and oxygen atoms in total. The largest absolute Gasteiger partial charge is 0.416 e. The van der Waals surface area contributed by atoms with Crippen LogP contribution in [0.15, 0.2) is 53.3 Å². The van der Waals surface area contributed by atoms with Crippen molar-refractivity contribution in [2.75, 3.05) is 5.43 Å². The molecule has 8 heteroatoms. The zero-order valence-electron chi connectivity index (χ0n) is 13.0. The number of aryl methyl sites for hydroxylation is 1. The van der Waals surface area contributed by atoms with Crippen LogP contribution in [0.3, 0.4) is 0 Å². The third kappa shape index (κ3) is 3.23. The number of carbonyl (C=O) groups excluding carboxylic acids is 1. The highest BCUT2D eigenvalue weighted by atomic mass is 19.4. The second-order valence-corrected chi connectivity index (χ2v) is 5.34. The summed E-state index contributed by atoms with van der Waals surface area (Å²) in [7, 11) is 0. The Bertz CT molecular complexity index is 1030. The third-order valence-electron chi connectivity index (χ3n) is 3.61. The SMILES string of the molecule is Cc1nc2ccccc2c(=O)n1NC(=O)c1cccc(C(F)(F)F)c1. The van der Waals surface area contributed by atoms with Gasteiger partial charge in [-0.3, -0.25) is 15.0 Å². The molecule has 0 aliphatic heterocycles. The summed E-state index contributed by atoms with van der Waals surface area (Å²) in [4.78, 5) is 28.9. The molecule has 0 atom stereocenters. The lowest BCUT2D eigenvalue weighted by molar-refractivity contribution is -0.137. The maximum Gasteiger partial charge on any atom is 0.416 e. The first-order chi connectivity index (χ1) is 11.8. The van der Waals surface area contributed by atoms with Gasteiger partial charge in [-0.1, -0.05) is 18.2 Å². The highest BCUT2D eigenvalue weighted by Crippen LogP contribution is 2.29. The van der Waals surface area contributed by atoms with E-state index >= 15 is 0 Å². The molecule has 3 aromatic rings. The smallest absolute Gasteiger partial charge is 0.267 e. The topological polar surface area (TPSA) is 64.0 Å². The van der Waals surface area contributed by atoms with Crippen LogP contribution in [0.25, 0.3) is 10.9 Å². The Balaban J connectivity index is 1.99. The van der Waals surface area contributed by atoms with Crippen LogP contribution in [-0.4, -0.2) is 15.6 Å². The van der Waals surface area contributed by atoms with Gasteiger partial charge in [0, 0.05) is 5.56 Å². The van der Waals surface area contributed by atoms with Gasteiger partial charge in [-0.05, 0) is 37.3 Å². The van der Waals surface area contributed by atoms with Gasteiger partial charge in [0.2, 0.25) is 0 Å². The number of para-hydroxylation sites is 1. The molecule has 0 saturated heterocycles. The Labute approximate surface area is 139 Å². The first-order valence-corrected chi connectivity index (χ1v) is 7.24. The quantitative estimate of drug-likeness (QED) is 0.775. The van der Waals surface area contributed by atoms with Crippen LogP contribution in [0.2, 0.25) is 0 Å². The molecule has 1 amide bonds. The molecule has 0 spiro atoms. The minimum Gasteiger partial charge on any atom is -0.267 e. The molecule has 0 bridgehead atoms. The molecule has 2 aromatic carbocycles. The van der Waals surface area contributed by atoms with E-state index in [0.29, 0.717) is 5.52 Å². The van der Waals surface area contributed by atoms with Crippen molar-refractivity contribution in [2.45, 2.75) is 13.1 Å². The highest BCUT2D eigenvalue weighted by molar-refractivity contribution is 6.00. The Hall–Kier alpha value is -3.16. The van der Waals surface area contributed by atoms with E-state index < -0.39 is 23.2 Å². The van der Waals surface area contributed by atoms with Gasteiger partial charge < -0.3 is 0 Å². The monoisotopic (exact) mass is 347 g/mol. The summed E-state index contributed by atoms with van der Waals surface area (Å²) in [5.74, 6) is -0.627. The van der Waals surface area contributed by atoms with Crippen LogP contribution in [0.1, 0.15) is 21.7 Å². The number of alkyl halides is 3. The Morgan fingerprint density at radius 3 is 2.56 bits per heavy atom. The number of hydrogen-bond acceptors (Lipinski definition) is 3. The summed E-state index contributed by atoms with van der Waals surface area (Å²) in [5, 5.41) is 0.289. The maximum atomic E-state index is 12.8. The zero-order chi connectivity index (χ0) is 18.2. The first-order valence-electron chi connectivity index (χ1n) is 7.24. The van der Waals surface area contributed by atoms with E-state index in [1.165, 1.54) is 13.0 Å². The second-order valence-electron chi connectivity index (χ2n) is 5.34. The number of nitrogens with one attached hydrogen (secondary N) is 1. The van der Waals surface area contributed by atoms with Crippen molar-refractivity contribution in [1.82, 2.24) is 9.66 Å². The molecule has 0 saturated carbocycles. The van der Waals surface area contributed by atoms with Crippen LogP contribution in [0.5, 0.6) is 0 Å². The minimum atomic E-state index is -4.56. The van der Waals surface area contributed by atoms with E-state index in [2.05, 4.69) is 10.4 Å². The molecule has 1 aromatic heterocycles. The number of rotatable bonds is 2. The number of amides is 1. The van der Waals surface area contributed by atoms with Gasteiger partial charge in [-0.2, -0.15) is 13.2 Å². The van der Waals surface area contributed by atoms with Crippen molar-refractivity contribution in [2.24, 2.45) is 0 Å². The summed E-state index contributed by atoms with van der Waals surface area (Å²) >= 11 is 0. The average Bonchev–Trinajstić information content (AvgIpc) is 2.58. The lowest BCUT2D eigenvalue weighted by Crippen LogP contribution is -2.35. The fourth-order valence-corrected chi connectivity index (χ4v) is 2.38. The highest BCUT2D eigenvalue weighted by Gasteiger charge is 2.31. The summed E-state index contributed by atoms with van der Waals surface area (Å²) < 4.78 is 39.2. The molecule has 25 heavy (non-hydrogen) atoms. The molecule has 0 unspecified atom stereocenters. The maximum absolute atomic E-state index is 12.8. The number of nitrogens with zero attached hydrogens (tertiary/aromatic N) is 2. The van der Waals surface area contributed by atoms with Crippen LogP contribution >= 0.6 is 0 Å². The molecule has 0 aliphatic carbocycles. The Morgan fingerprint density at radius 1 is 1.12 bits per heavy atom. The standard InChI is InChI=1S/C17H12F3N3O2/c1-10-21-14-8-3-2-7-13(14)16(25)23(10)22-15(24)11-5-4-6-12(9-11)17(18,19)20/h2-9H,1H3,(H,22,24). The molecule has 0 fully saturated rings. The van der Waals surface area contributed by atoms with Crippen molar-refractivity contribution in [3.63, 3.8) is 0 Å². The lowest BCUT2D eigenvalue weighted by atomic mass is 10.1. The van der Waals surface area contributed by atoms with Crippen molar-refractivity contribution in [1.29, 1.82) is 0 Å². The predicted octanol–water partition coefficient (Wildman–Crippen LogP) is 3.11. The van der Waals surface area contributed by atoms with E-state index in [0.717, 1.165) is 22.9 Å². The van der Waals surface area contributed by atoms with Gasteiger partial charge in [0.25, 0.3) is 11.5 Å². The molecule has 1 heterocycles. The molecule has 0 radical (unpaired) electrons. The van der Waals surface area contributed by atoms with E-state index in [-0.39, 0.29) is 16.8 Å². The van der Waals surface area contributed by atoms with Crippen molar-refractivity contribution < 1.29 is 18.0 Å². The summed E-state index contributed by atoms with van der Waals surface area (Å²) in [5.41, 5.74) is 1.10. The van der Waals surface area contributed by atoms with Crippen LogP contribution < -0.4 is 11.0 Å². The number of benzene rings is 2. The van der Waals surface area contributed by atoms with Gasteiger partial charge in [0.1, 0.15) is 5.82 Å². The second kappa shape index (κ2) is 6.04. The normalized spacial score (nSPS) is 11.5. The summed E-state index contributed by atoms with van der Waals surface area (Å²) in [6, 6.07) is 10.5. The lowest BCUT2D eigenvalue weighted by Gasteiger charge is -2.13. The molecule has 128 valence electrons. The van der Waals surface area contributed by atoms with Gasteiger partial charge in [-0.25, -0.2) is 9.66 Å². The number of carbonyl (C=O) groups is 1. The van der Waals surface area contributed by atoms with Crippen LogP contribution in [-0.2, 0) is 6.18 Å². The number of halogens is 3. The van der Waals surface area contributed by atoms with E-state index in [9.17, 15) is 22.8 Å². The van der Waals surface area contributed by atoms with E-state index in [4.69, 9.17) is 0 Å². The van der Waals surface area contributed by atoms with Crippen molar-refractivity contribution in [3.8, 4) is 0 Å². The van der Waals surface area contributed by atoms with E-state index in [1.54, 1.807) is 24.3 Å². The first kappa shape index (κ1) is 16.7. The van der Waals surface area contributed by atoms with Crippen molar-refractivity contribution >= 4 is 16.8 Å². The van der Waals surface area contributed by atoms with Gasteiger partial charge in [0.15, 0.2) is 0 Å².